The molecule has 1 fully saturated rings. The van der Waals surface area contributed by atoms with E-state index >= 15 is 0 Å². The van der Waals surface area contributed by atoms with Crippen LogP contribution in [0.25, 0.3) is 11.0 Å². The van der Waals surface area contributed by atoms with Gasteiger partial charge in [0.05, 0.1) is 13.2 Å². The molecule has 3 aromatic rings. The Morgan fingerprint density at radius 1 is 1.04 bits per heavy atom. The van der Waals surface area contributed by atoms with Crippen LogP contribution in [0, 0.1) is 6.92 Å². The largest absolute Gasteiger partial charge is 0.456 e. The van der Waals surface area contributed by atoms with E-state index in [1.54, 1.807) is 36.1 Å². The van der Waals surface area contributed by atoms with Gasteiger partial charge < -0.3 is 23.8 Å². The number of aryl methyl sites for hydroxylation is 1. The van der Waals surface area contributed by atoms with Crippen LogP contribution >= 0.6 is 0 Å². The number of hydrogen-bond donors (Lipinski definition) is 1. The lowest BCUT2D eigenvalue weighted by Crippen LogP contribution is -2.40. The molecule has 2 amide bonds. The van der Waals surface area contributed by atoms with E-state index in [2.05, 4.69) is 5.32 Å². The van der Waals surface area contributed by atoms with Gasteiger partial charge in [-0.15, -0.1) is 0 Å². The Kier molecular flexibility index (Phi) is 4.22. The van der Waals surface area contributed by atoms with Crippen molar-refractivity contribution >= 4 is 28.5 Å². The molecule has 0 aliphatic carbocycles. The van der Waals surface area contributed by atoms with E-state index in [1.165, 1.54) is 0 Å². The highest BCUT2D eigenvalue weighted by atomic mass is 16.5. The second-order valence-corrected chi connectivity index (χ2v) is 6.07. The number of fused-ring (bicyclic) bond motifs is 1. The molecule has 0 bridgehead atoms. The fourth-order valence-electron chi connectivity index (χ4n) is 2.96. The first-order valence-corrected chi connectivity index (χ1v) is 8.40. The third kappa shape index (κ3) is 2.97. The van der Waals surface area contributed by atoms with Crippen LogP contribution in [0.1, 0.15) is 26.9 Å². The molecule has 26 heavy (non-hydrogen) atoms. The maximum atomic E-state index is 12.9. The standard InChI is InChI=1S/C19H18N2O5/c1-12-6-7-15(25-12)18(22)20-16-13-4-2-3-5-14(13)26-17(16)19(23)21-8-10-24-11-9-21/h2-7H,8-11H2,1H3,(H,20,22). The highest BCUT2D eigenvalue weighted by Gasteiger charge is 2.28. The van der Waals surface area contributed by atoms with Gasteiger partial charge in [0.1, 0.15) is 17.0 Å². The Hall–Kier alpha value is -3.06. The van der Waals surface area contributed by atoms with Crippen LogP contribution in [0.2, 0.25) is 0 Å². The van der Waals surface area contributed by atoms with Crippen LogP contribution in [-0.2, 0) is 4.74 Å². The molecule has 1 N–H and O–H groups in total. The number of carbonyl (C=O) groups excluding carboxylic acids is 2. The molecule has 2 aromatic heterocycles. The Morgan fingerprint density at radius 3 is 2.54 bits per heavy atom. The van der Waals surface area contributed by atoms with Gasteiger partial charge in [-0.2, -0.15) is 0 Å². The number of morpholine rings is 1. The number of para-hydroxylation sites is 1. The number of carbonyl (C=O) groups is 2. The van der Waals surface area contributed by atoms with Gasteiger partial charge in [-0.05, 0) is 31.2 Å². The Bertz CT molecular complexity index is 965. The first kappa shape index (κ1) is 16.4. The molecule has 1 saturated heterocycles. The number of amides is 2. The number of nitrogens with one attached hydrogen (secondary N) is 1. The third-order valence-corrected chi connectivity index (χ3v) is 4.29. The maximum absolute atomic E-state index is 12.9. The summed E-state index contributed by atoms with van der Waals surface area (Å²) in [5, 5.41) is 3.45. The molecule has 1 aliphatic heterocycles. The van der Waals surface area contributed by atoms with Crippen LogP contribution in [0.5, 0.6) is 0 Å². The summed E-state index contributed by atoms with van der Waals surface area (Å²) in [5.74, 6) is 0.232. The van der Waals surface area contributed by atoms with Crippen LogP contribution in [0.15, 0.2) is 45.2 Å². The smallest absolute Gasteiger partial charge is 0.291 e. The van der Waals surface area contributed by atoms with Gasteiger partial charge in [0.15, 0.2) is 5.76 Å². The van der Waals surface area contributed by atoms with Gasteiger partial charge in [0, 0.05) is 18.5 Å². The van der Waals surface area contributed by atoms with E-state index in [0.717, 1.165) is 0 Å². The van der Waals surface area contributed by atoms with E-state index in [1.807, 2.05) is 12.1 Å². The van der Waals surface area contributed by atoms with Crippen molar-refractivity contribution in [2.24, 2.45) is 0 Å². The van der Waals surface area contributed by atoms with Crippen molar-refractivity contribution in [2.75, 3.05) is 31.6 Å². The van der Waals surface area contributed by atoms with Crippen LogP contribution in [0.3, 0.4) is 0 Å². The van der Waals surface area contributed by atoms with Crippen molar-refractivity contribution in [3.63, 3.8) is 0 Å². The lowest BCUT2D eigenvalue weighted by atomic mass is 10.2. The molecule has 4 rings (SSSR count). The minimum Gasteiger partial charge on any atom is -0.456 e. The summed E-state index contributed by atoms with van der Waals surface area (Å²) in [7, 11) is 0. The lowest BCUT2D eigenvalue weighted by Gasteiger charge is -2.26. The number of nitrogens with zero attached hydrogens (tertiary/aromatic N) is 1. The fraction of sp³-hybridized carbons (Fsp3) is 0.263. The highest BCUT2D eigenvalue weighted by Crippen LogP contribution is 2.32. The zero-order valence-corrected chi connectivity index (χ0v) is 14.3. The molecule has 0 saturated carbocycles. The number of furan rings is 2. The van der Waals surface area contributed by atoms with Gasteiger partial charge in [-0.25, -0.2) is 0 Å². The number of benzene rings is 1. The average Bonchev–Trinajstić information content (AvgIpc) is 3.26. The van der Waals surface area contributed by atoms with Gasteiger partial charge in [-0.1, -0.05) is 12.1 Å². The normalized spacial score (nSPS) is 14.6. The van der Waals surface area contributed by atoms with E-state index < -0.39 is 5.91 Å². The summed E-state index contributed by atoms with van der Waals surface area (Å²) in [4.78, 5) is 27.1. The predicted molar refractivity (Wildman–Crippen MR) is 94.3 cm³/mol. The van der Waals surface area contributed by atoms with E-state index in [-0.39, 0.29) is 17.4 Å². The predicted octanol–water partition coefficient (Wildman–Crippen LogP) is 3.06. The molecule has 0 atom stereocenters. The quantitative estimate of drug-likeness (QED) is 0.781. The zero-order chi connectivity index (χ0) is 18.1. The van der Waals surface area contributed by atoms with Crippen molar-refractivity contribution in [2.45, 2.75) is 6.92 Å². The van der Waals surface area contributed by atoms with Crippen LogP contribution < -0.4 is 5.32 Å². The topological polar surface area (TPSA) is 84.9 Å². The fourth-order valence-corrected chi connectivity index (χ4v) is 2.96. The molecule has 3 heterocycles. The summed E-state index contributed by atoms with van der Waals surface area (Å²) in [6.45, 7) is 3.71. The molecule has 134 valence electrons. The molecular weight excluding hydrogens is 336 g/mol. The Labute approximate surface area is 149 Å². The minimum absolute atomic E-state index is 0.115. The molecule has 1 aromatic carbocycles. The number of anilines is 1. The van der Waals surface area contributed by atoms with Crippen molar-refractivity contribution in [3.8, 4) is 0 Å². The first-order chi connectivity index (χ1) is 12.6. The summed E-state index contributed by atoms with van der Waals surface area (Å²) < 4.78 is 16.4. The summed E-state index contributed by atoms with van der Waals surface area (Å²) in [6, 6.07) is 10.5. The lowest BCUT2D eigenvalue weighted by molar-refractivity contribution is 0.0285. The second kappa shape index (κ2) is 6.68. The van der Waals surface area contributed by atoms with Gasteiger partial charge in [-0.3, -0.25) is 9.59 Å². The zero-order valence-electron chi connectivity index (χ0n) is 14.3. The number of hydrogen-bond acceptors (Lipinski definition) is 5. The summed E-state index contributed by atoms with van der Waals surface area (Å²) in [6.07, 6.45) is 0. The molecule has 7 heteroatoms. The summed E-state index contributed by atoms with van der Waals surface area (Å²) in [5.41, 5.74) is 0.895. The van der Waals surface area contributed by atoms with Gasteiger partial charge in [0.2, 0.25) is 5.76 Å². The van der Waals surface area contributed by atoms with E-state index in [0.29, 0.717) is 48.7 Å². The monoisotopic (exact) mass is 354 g/mol. The van der Waals surface area contributed by atoms with Crippen molar-refractivity contribution in [3.05, 3.63) is 53.7 Å². The highest BCUT2D eigenvalue weighted by molar-refractivity contribution is 6.13. The molecular formula is C19H18N2O5. The van der Waals surface area contributed by atoms with Gasteiger partial charge in [0.25, 0.3) is 11.8 Å². The molecule has 0 unspecified atom stereocenters. The number of rotatable bonds is 3. The van der Waals surface area contributed by atoms with Crippen molar-refractivity contribution in [1.29, 1.82) is 0 Å². The average molecular weight is 354 g/mol. The SMILES string of the molecule is Cc1ccc(C(=O)Nc2c(C(=O)N3CCOCC3)oc3ccccc23)o1. The Morgan fingerprint density at radius 2 is 1.81 bits per heavy atom. The third-order valence-electron chi connectivity index (χ3n) is 4.29. The molecule has 0 spiro atoms. The van der Waals surface area contributed by atoms with Crippen LogP contribution in [0.4, 0.5) is 5.69 Å². The first-order valence-electron chi connectivity index (χ1n) is 8.40. The van der Waals surface area contributed by atoms with E-state index in [9.17, 15) is 9.59 Å². The molecule has 7 nitrogen and oxygen atoms in total. The molecule has 0 radical (unpaired) electrons. The second-order valence-electron chi connectivity index (χ2n) is 6.07. The molecule has 1 aliphatic rings. The number of ether oxygens (including phenoxy) is 1. The van der Waals surface area contributed by atoms with Crippen molar-refractivity contribution < 1.29 is 23.2 Å². The maximum Gasteiger partial charge on any atom is 0.291 e. The van der Waals surface area contributed by atoms with Crippen molar-refractivity contribution in [1.82, 2.24) is 4.90 Å². The van der Waals surface area contributed by atoms with Gasteiger partial charge >= 0.3 is 0 Å². The minimum atomic E-state index is -0.430. The summed E-state index contributed by atoms with van der Waals surface area (Å²) >= 11 is 0. The van der Waals surface area contributed by atoms with E-state index in [4.69, 9.17) is 13.6 Å². The van der Waals surface area contributed by atoms with Crippen LogP contribution in [-0.4, -0.2) is 43.0 Å². The Balaban J connectivity index is 1.71.